The molecule has 0 N–H and O–H groups in total. The number of rotatable bonds is 0. The van der Waals surface area contributed by atoms with Crippen molar-refractivity contribution in [2.24, 2.45) is 0 Å². The van der Waals surface area contributed by atoms with Crippen molar-refractivity contribution in [3.8, 4) is 0 Å². The van der Waals surface area contributed by atoms with Gasteiger partial charge in [0, 0.05) is 0 Å². The molecule has 0 radical (unpaired) electrons. The van der Waals surface area contributed by atoms with Gasteiger partial charge in [0.15, 0.2) is 0 Å². The van der Waals surface area contributed by atoms with Crippen LogP contribution in [0.15, 0.2) is 0 Å². The first kappa shape index (κ1) is 9.04. The molecule has 0 amide bonds. The molecule has 0 fully saturated rings. The second-order valence-corrected chi connectivity index (χ2v) is 1.50. The van der Waals surface area contributed by atoms with Crippen LogP contribution in [0.2, 0.25) is 0 Å². The van der Waals surface area contributed by atoms with Crippen molar-refractivity contribution >= 4 is 21.5 Å². The van der Waals surface area contributed by atoms with E-state index in [9.17, 15) is 0 Å². The van der Waals surface area contributed by atoms with Crippen molar-refractivity contribution in [1.29, 1.82) is 0 Å². The summed E-state index contributed by atoms with van der Waals surface area (Å²) in [6.07, 6.45) is 0. The Morgan fingerprint density at radius 1 is 1.75 bits per heavy atom. The van der Waals surface area contributed by atoms with Gasteiger partial charge in [-0.2, -0.15) is 9.90 Å². The molecule has 0 rings (SSSR count). The van der Waals surface area contributed by atoms with E-state index in [1.807, 2.05) is 0 Å². The molecule has 0 spiro atoms. The molecule has 0 aromatic rings. The molecule has 0 saturated carbocycles. The summed E-state index contributed by atoms with van der Waals surface area (Å²) < 4.78 is 0.572. The molecule has 0 bridgehead atoms. The van der Waals surface area contributed by atoms with Crippen LogP contribution in [-0.4, -0.2) is 4.35 Å². The molecule has 1 atom stereocenters. The van der Waals surface area contributed by atoms with E-state index in [4.69, 9.17) is 11.6 Å². The van der Waals surface area contributed by atoms with Crippen LogP contribution in [-0.2, 0) is 19.2 Å². The minimum atomic E-state index is 0. The summed E-state index contributed by atoms with van der Waals surface area (Å²) in [6, 6.07) is 0. The van der Waals surface area contributed by atoms with Crippen LogP contribution in [0.4, 0.5) is 0 Å². The van der Waals surface area contributed by atoms with Crippen LogP contribution in [0, 0.1) is 0 Å². The minimum Gasteiger partial charge on any atom is -0.153 e. The van der Waals surface area contributed by atoms with Crippen LogP contribution in [0.5, 0.6) is 0 Å². The molecule has 0 heterocycles. The van der Waals surface area contributed by atoms with Crippen molar-refractivity contribution in [3.05, 3.63) is 0 Å². The van der Waals surface area contributed by atoms with E-state index >= 15 is 0 Å². The predicted molar refractivity (Wildman–Crippen MR) is 21.8 cm³/mol. The molecular weight excluding hydrogens is 185 g/mol. The monoisotopic (exact) mass is 189 g/mol. The Bertz CT molecular complexity index is 8.00. The fourth-order valence-corrected chi connectivity index (χ4v) is 0. The van der Waals surface area contributed by atoms with Gasteiger partial charge in [-0.1, -0.05) is 0 Å². The standard InChI is InChI=1S/CH2Cl.H3P.Pd/c1-2;;/h1H2;1H3;. The second-order valence-electron chi connectivity index (χ2n) is 0.0845. The van der Waals surface area contributed by atoms with E-state index in [2.05, 4.69) is 19.2 Å². The van der Waals surface area contributed by atoms with Gasteiger partial charge < -0.3 is 0 Å². The van der Waals surface area contributed by atoms with Crippen LogP contribution >= 0.6 is 21.5 Å². The first-order chi connectivity index (χ1) is 1.41. The van der Waals surface area contributed by atoms with Crippen molar-refractivity contribution in [2.45, 2.75) is 0 Å². The van der Waals surface area contributed by atoms with Crippen molar-refractivity contribution < 1.29 is 19.2 Å². The van der Waals surface area contributed by atoms with Crippen LogP contribution < -0.4 is 0 Å². The molecule has 31 valence electrons. The minimum absolute atomic E-state index is 0. The Balaban J connectivity index is 0. The van der Waals surface area contributed by atoms with Gasteiger partial charge in [0.05, 0.1) is 0 Å². The predicted octanol–water partition coefficient (Wildman–Crippen LogP) is 0.788. The van der Waals surface area contributed by atoms with Crippen LogP contribution in [0.3, 0.4) is 0 Å². The van der Waals surface area contributed by atoms with Gasteiger partial charge in [0.2, 0.25) is 0 Å². The van der Waals surface area contributed by atoms with Crippen molar-refractivity contribution in [3.63, 3.8) is 0 Å². The van der Waals surface area contributed by atoms with E-state index in [0.29, 0.717) is 4.35 Å². The van der Waals surface area contributed by atoms with Gasteiger partial charge >= 0.3 is 35.2 Å². The molecule has 0 aliphatic heterocycles. The van der Waals surface area contributed by atoms with Gasteiger partial charge in [0.1, 0.15) is 0 Å². The van der Waals surface area contributed by atoms with E-state index in [0.717, 1.165) is 0 Å². The molecule has 0 saturated heterocycles. The maximum atomic E-state index is 4.93. The largest absolute Gasteiger partial charge is 0.153 e. The summed E-state index contributed by atoms with van der Waals surface area (Å²) >= 11 is 7.64. The Morgan fingerprint density at radius 2 is 1.75 bits per heavy atom. The third-order valence-corrected chi connectivity index (χ3v) is 0. The smallest absolute Gasteiger partial charge is 0.153 e. The first-order valence-electron chi connectivity index (χ1n) is 0.491. The average Bonchev–Trinajstić information content (AvgIpc) is 0.918. The molecule has 0 aliphatic carbocycles. The van der Waals surface area contributed by atoms with Gasteiger partial charge in [-0.25, -0.2) is 0 Å². The number of alkyl halides is 1. The first-order valence-corrected chi connectivity index (χ1v) is 2.12. The van der Waals surface area contributed by atoms with Gasteiger partial charge in [0.25, 0.3) is 0 Å². The van der Waals surface area contributed by atoms with Crippen molar-refractivity contribution in [1.82, 2.24) is 0 Å². The summed E-state index contributed by atoms with van der Waals surface area (Å²) in [5.74, 6) is 0. The molecule has 0 nitrogen and oxygen atoms in total. The summed E-state index contributed by atoms with van der Waals surface area (Å²) in [6.45, 7) is 0. The third-order valence-electron chi connectivity index (χ3n) is 0. The van der Waals surface area contributed by atoms with E-state index in [1.54, 1.807) is 0 Å². The third kappa shape index (κ3) is 10.0. The molecule has 0 aromatic carbocycles. The molecule has 0 aromatic heterocycles. The quantitative estimate of drug-likeness (QED) is 0.301. The average molecular weight is 190 g/mol. The zero-order chi connectivity index (χ0) is 2.71. The molecular formula is CH5ClPPd. The molecule has 4 heavy (non-hydrogen) atoms. The number of hydrogen-bond acceptors (Lipinski definition) is 0. The SMILES string of the molecule is Cl[CH2][Pd].P. The summed E-state index contributed by atoms with van der Waals surface area (Å²) in [4.78, 5) is 0. The Labute approximate surface area is 45.3 Å². The maximum absolute atomic E-state index is 4.93. The second kappa shape index (κ2) is 8.83. The summed E-state index contributed by atoms with van der Waals surface area (Å²) in [7, 11) is 0. The molecule has 1 unspecified atom stereocenters. The fraction of sp³-hybridized carbons (Fsp3) is 1.00. The van der Waals surface area contributed by atoms with Crippen LogP contribution in [0.25, 0.3) is 0 Å². The number of halogens is 1. The molecule has 3 heteroatoms. The zero-order valence-corrected chi connectivity index (χ0v) is 5.83. The fourth-order valence-electron chi connectivity index (χ4n) is 0. The Kier molecular flexibility index (Phi) is 20.0. The van der Waals surface area contributed by atoms with Crippen molar-refractivity contribution in [2.75, 3.05) is 4.35 Å². The van der Waals surface area contributed by atoms with Gasteiger partial charge in [-0.15, -0.1) is 0 Å². The van der Waals surface area contributed by atoms with E-state index in [-0.39, 0.29) is 9.90 Å². The van der Waals surface area contributed by atoms with Crippen LogP contribution in [0.1, 0.15) is 0 Å². The van der Waals surface area contributed by atoms with E-state index in [1.165, 1.54) is 0 Å². The summed E-state index contributed by atoms with van der Waals surface area (Å²) in [5.41, 5.74) is 0. The summed E-state index contributed by atoms with van der Waals surface area (Å²) in [5, 5.41) is 0. The Morgan fingerprint density at radius 3 is 1.75 bits per heavy atom. The van der Waals surface area contributed by atoms with E-state index < -0.39 is 0 Å². The number of hydrogen-bond donors (Lipinski definition) is 0. The zero-order valence-electron chi connectivity index (χ0n) is 2.11. The normalized spacial score (nSPS) is 4.75. The van der Waals surface area contributed by atoms with Gasteiger partial charge in [-0.05, 0) is 0 Å². The molecule has 0 aliphatic rings. The maximum Gasteiger partial charge on any atom is -0.153 e. The Hall–Kier alpha value is 1.38. The topological polar surface area (TPSA) is 0 Å². The van der Waals surface area contributed by atoms with Gasteiger partial charge in [-0.3, -0.25) is 0 Å².